The fourth-order valence-corrected chi connectivity index (χ4v) is 2.49. The zero-order chi connectivity index (χ0) is 16.1. The molecule has 1 atom stereocenters. The predicted molar refractivity (Wildman–Crippen MR) is 87.7 cm³/mol. The normalized spacial score (nSPS) is 14.3. The van der Waals surface area contributed by atoms with Crippen molar-refractivity contribution in [2.45, 2.75) is 90.6 Å². The van der Waals surface area contributed by atoms with Crippen LogP contribution in [0.25, 0.3) is 0 Å². The minimum atomic E-state index is -0.850. The second-order valence-corrected chi connectivity index (χ2v) is 6.42. The molecule has 0 amide bonds. The lowest BCUT2D eigenvalue weighted by Crippen LogP contribution is -2.52. The maximum Gasteiger partial charge on any atom is 0.323 e. The van der Waals surface area contributed by atoms with Crippen molar-refractivity contribution in [1.82, 2.24) is 5.32 Å². The van der Waals surface area contributed by atoms with Crippen molar-refractivity contribution in [3.8, 4) is 0 Å². The zero-order valence-corrected chi connectivity index (χ0v) is 14.4. The van der Waals surface area contributed by atoms with E-state index < -0.39 is 11.5 Å². The summed E-state index contributed by atoms with van der Waals surface area (Å²) in [6.07, 6.45) is 8.96. The minimum absolute atomic E-state index is 0.162. The molecule has 0 saturated heterocycles. The number of nitrogens with one attached hydrogen (secondary N) is 1. The fraction of sp³-hybridized carbons (Fsp3) is 0.941. The molecule has 0 aliphatic heterocycles. The third-order valence-corrected chi connectivity index (χ3v) is 3.69. The Hall–Kier alpha value is -0.610. The molecule has 2 N–H and O–H groups in total. The highest BCUT2D eigenvalue weighted by Crippen LogP contribution is 2.14. The molecule has 0 rings (SSSR count). The Morgan fingerprint density at radius 1 is 1.10 bits per heavy atom. The molecular formula is C17H35NO3. The Kier molecular flexibility index (Phi) is 11.6. The van der Waals surface area contributed by atoms with Gasteiger partial charge in [0, 0.05) is 19.3 Å². The summed E-state index contributed by atoms with van der Waals surface area (Å²) in [7, 11) is 0. The van der Waals surface area contributed by atoms with E-state index in [1.54, 1.807) is 6.92 Å². The zero-order valence-electron chi connectivity index (χ0n) is 14.4. The van der Waals surface area contributed by atoms with Crippen LogP contribution in [0.4, 0.5) is 0 Å². The molecule has 1 unspecified atom stereocenters. The number of carboxylic acids is 1. The first kappa shape index (κ1) is 20.4. The maximum atomic E-state index is 11.3. The lowest BCUT2D eigenvalue weighted by Gasteiger charge is -2.28. The summed E-state index contributed by atoms with van der Waals surface area (Å²) in [6.45, 7) is 9.36. The number of carboxylic acid groups (broad SMARTS) is 1. The largest absolute Gasteiger partial charge is 0.480 e. The first-order valence-electron chi connectivity index (χ1n) is 8.51. The van der Waals surface area contributed by atoms with Crippen molar-refractivity contribution in [2.75, 3.05) is 13.2 Å². The van der Waals surface area contributed by atoms with E-state index in [1.165, 1.54) is 32.1 Å². The lowest BCUT2D eigenvalue weighted by molar-refractivity contribution is -0.144. The third-order valence-electron chi connectivity index (χ3n) is 3.69. The highest BCUT2D eigenvalue weighted by atomic mass is 16.5. The monoisotopic (exact) mass is 301 g/mol. The Morgan fingerprint density at radius 3 is 2.24 bits per heavy atom. The van der Waals surface area contributed by atoms with Crippen LogP contribution in [-0.2, 0) is 9.53 Å². The van der Waals surface area contributed by atoms with E-state index in [0.29, 0.717) is 13.0 Å². The van der Waals surface area contributed by atoms with Crippen molar-refractivity contribution in [2.24, 2.45) is 0 Å². The van der Waals surface area contributed by atoms with Gasteiger partial charge < -0.3 is 9.84 Å². The van der Waals surface area contributed by atoms with Crippen LogP contribution in [0, 0.1) is 0 Å². The molecule has 0 aromatic carbocycles. The van der Waals surface area contributed by atoms with Crippen molar-refractivity contribution in [3.05, 3.63) is 0 Å². The number of aliphatic carboxylic acids is 1. The van der Waals surface area contributed by atoms with Gasteiger partial charge in [0.25, 0.3) is 0 Å². The average Bonchev–Trinajstić information content (AvgIpc) is 2.40. The maximum absolute atomic E-state index is 11.3. The van der Waals surface area contributed by atoms with E-state index >= 15 is 0 Å². The van der Waals surface area contributed by atoms with E-state index in [2.05, 4.69) is 12.2 Å². The van der Waals surface area contributed by atoms with Crippen LogP contribution in [-0.4, -0.2) is 35.9 Å². The number of unbranched alkanes of at least 4 members (excludes halogenated alkanes) is 5. The summed E-state index contributed by atoms with van der Waals surface area (Å²) < 4.78 is 5.60. The Morgan fingerprint density at radius 2 is 1.67 bits per heavy atom. The molecule has 4 heteroatoms. The van der Waals surface area contributed by atoms with E-state index in [1.807, 2.05) is 13.8 Å². The molecule has 4 nitrogen and oxygen atoms in total. The summed E-state index contributed by atoms with van der Waals surface area (Å²) in [6, 6.07) is 0.162. The van der Waals surface area contributed by atoms with Crippen LogP contribution >= 0.6 is 0 Å². The van der Waals surface area contributed by atoms with Gasteiger partial charge in [-0.25, -0.2) is 0 Å². The fourth-order valence-electron chi connectivity index (χ4n) is 2.49. The predicted octanol–water partition coefficient (Wildman–Crippen LogP) is 3.99. The molecule has 21 heavy (non-hydrogen) atoms. The van der Waals surface area contributed by atoms with Crippen LogP contribution < -0.4 is 5.32 Å². The molecule has 0 bridgehead atoms. The molecule has 0 saturated carbocycles. The van der Waals surface area contributed by atoms with Crippen molar-refractivity contribution in [1.29, 1.82) is 0 Å². The molecule has 126 valence electrons. The molecule has 0 fully saturated rings. The molecule has 0 aromatic rings. The second kappa shape index (κ2) is 12.0. The van der Waals surface area contributed by atoms with Gasteiger partial charge in [-0.1, -0.05) is 39.0 Å². The molecule has 0 aliphatic rings. The summed E-state index contributed by atoms with van der Waals surface area (Å²) in [5.41, 5.74) is -0.850. The van der Waals surface area contributed by atoms with Crippen LogP contribution in [0.15, 0.2) is 0 Å². The molecule has 0 heterocycles. The van der Waals surface area contributed by atoms with Gasteiger partial charge in [-0.15, -0.1) is 0 Å². The summed E-state index contributed by atoms with van der Waals surface area (Å²) in [4.78, 5) is 11.3. The number of ether oxygens (including phenoxy) is 1. The minimum Gasteiger partial charge on any atom is -0.480 e. The van der Waals surface area contributed by atoms with Crippen molar-refractivity contribution in [3.63, 3.8) is 0 Å². The number of hydrogen-bond acceptors (Lipinski definition) is 3. The number of carbonyl (C=O) groups is 1. The highest BCUT2D eigenvalue weighted by molar-refractivity contribution is 5.78. The summed E-state index contributed by atoms with van der Waals surface area (Å²) in [5.74, 6) is -0.785. The first-order valence-corrected chi connectivity index (χ1v) is 8.51. The van der Waals surface area contributed by atoms with E-state index in [0.717, 1.165) is 19.4 Å². The highest BCUT2D eigenvalue weighted by Gasteiger charge is 2.32. The van der Waals surface area contributed by atoms with Gasteiger partial charge in [0.1, 0.15) is 5.54 Å². The lowest BCUT2D eigenvalue weighted by atomic mass is 9.95. The molecule has 0 spiro atoms. The summed E-state index contributed by atoms with van der Waals surface area (Å²) >= 11 is 0. The van der Waals surface area contributed by atoms with Crippen molar-refractivity contribution >= 4 is 5.97 Å². The topological polar surface area (TPSA) is 58.6 Å². The van der Waals surface area contributed by atoms with Gasteiger partial charge in [-0.3, -0.25) is 10.1 Å². The standard InChI is InChI=1S/C17H35NO3/c1-5-6-7-8-9-10-13-21-14-11-12-17(4,16(19)20)18-15(2)3/h15,18H,5-14H2,1-4H3,(H,19,20). The summed E-state index contributed by atoms with van der Waals surface area (Å²) in [5, 5.41) is 12.5. The second-order valence-electron chi connectivity index (χ2n) is 6.42. The Bertz CT molecular complexity index is 269. The number of hydrogen-bond donors (Lipinski definition) is 2. The average molecular weight is 301 g/mol. The SMILES string of the molecule is CCCCCCCCOCCCC(C)(NC(C)C)C(=O)O. The first-order chi connectivity index (χ1) is 9.92. The van der Waals surface area contributed by atoms with Gasteiger partial charge in [0.15, 0.2) is 0 Å². The quantitative estimate of drug-likeness (QED) is 0.476. The molecule has 0 aliphatic carbocycles. The van der Waals surface area contributed by atoms with E-state index in [-0.39, 0.29) is 6.04 Å². The van der Waals surface area contributed by atoms with Crippen LogP contribution in [0.3, 0.4) is 0 Å². The van der Waals surface area contributed by atoms with Crippen LogP contribution in [0.5, 0.6) is 0 Å². The molecule has 0 radical (unpaired) electrons. The third kappa shape index (κ3) is 10.7. The molecule has 0 aromatic heterocycles. The van der Waals surface area contributed by atoms with Crippen LogP contribution in [0.2, 0.25) is 0 Å². The smallest absolute Gasteiger partial charge is 0.323 e. The van der Waals surface area contributed by atoms with Crippen molar-refractivity contribution < 1.29 is 14.6 Å². The van der Waals surface area contributed by atoms with Gasteiger partial charge in [0.05, 0.1) is 0 Å². The number of rotatable bonds is 14. The van der Waals surface area contributed by atoms with E-state index in [9.17, 15) is 9.90 Å². The van der Waals surface area contributed by atoms with Gasteiger partial charge in [-0.2, -0.15) is 0 Å². The van der Waals surface area contributed by atoms with Gasteiger partial charge in [0.2, 0.25) is 0 Å². The molecular weight excluding hydrogens is 266 g/mol. The van der Waals surface area contributed by atoms with E-state index in [4.69, 9.17) is 4.74 Å². The Labute approximate surface area is 130 Å². The van der Waals surface area contributed by atoms with Gasteiger partial charge in [-0.05, 0) is 40.0 Å². The van der Waals surface area contributed by atoms with Gasteiger partial charge >= 0.3 is 5.97 Å². The van der Waals surface area contributed by atoms with Crippen LogP contribution in [0.1, 0.15) is 79.1 Å². The Balaban J connectivity index is 3.61.